The molecule has 0 bridgehead atoms. The van der Waals surface area contributed by atoms with Gasteiger partial charge in [-0.15, -0.1) is 0 Å². The van der Waals surface area contributed by atoms with Crippen LogP contribution in [0.3, 0.4) is 0 Å². The topological polar surface area (TPSA) is 21.3 Å². The van der Waals surface area contributed by atoms with E-state index in [9.17, 15) is 4.39 Å². The van der Waals surface area contributed by atoms with Crippen molar-refractivity contribution in [3.8, 4) is 0 Å². The van der Waals surface area contributed by atoms with Crippen LogP contribution in [0, 0.1) is 5.92 Å². The predicted molar refractivity (Wildman–Crippen MR) is 54.1 cm³/mol. The molecule has 2 nitrogen and oxygen atoms in total. The Morgan fingerprint density at radius 2 is 1.79 bits per heavy atom. The van der Waals surface area contributed by atoms with E-state index in [1.165, 1.54) is 0 Å². The first kappa shape index (κ1) is 10.4. The van der Waals surface area contributed by atoms with Crippen molar-refractivity contribution >= 4 is 0 Å². The SMILES string of the molecule is CC1(C)CC(C2(F)CNC2)C(C)(C)O1. The van der Waals surface area contributed by atoms with E-state index in [-0.39, 0.29) is 17.1 Å². The Morgan fingerprint density at radius 1 is 1.21 bits per heavy atom. The van der Waals surface area contributed by atoms with E-state index in [4.69, 9.17) is 4.74 Å². The summed E-state index contributed by atoms with van der Waals surface area (Å²) in [4.78, 5) is 0. The Labute approximate surface area is 85.2 Å². The summed E-state index contributed by atoms with van der Waals surface area (Å²) in [5, 5.41) is 3.01. The summed E-state index contributed by atoms with van der Waals surface area (Å²) < 4.78 is 20.2. The number of halogens is 1. The molecule has 1 atom stereocenters. The average molecular weight is 201 g/mol. The van der Waals surface area contributed by atoms with Crippen molar-refractivity contribution in [2.75, 3.05) is 13.1 Å². The van der Waals surface area contributed by atoms with Crippen molar-refractivity contribution in [1.82, 2.24) is 5.32 Å². The molecule has 2 heterocycles. The normalized spacial score (nSPS) is 37.9. The van der Waals surface area contributed by atoms with Crippen molar-refractivity contribution in [2.24, 2.45) is 5.92 Å². The van der Waals surface area contributed by atoms with Gasteiger partial charge in [-0.1, -0.05) is 0 Å². The number of alkyl halides is 1. The summed E-state index contributed by atoms with van der Waals surface area (Å²) in [7, 11) is 0. The monoisotopic (exact) mass is 201 g/mol. The fraction of sp³-hybridized carbons (Fsp3) is 1.00. The fourth-order valence-electron chi connectivity index (χ4n) is 2.98. The molecule has 2 fully saturated rings. The number of hydrogen-bond donors (Lipinski definition) is 1. The van der Waals surface area contributed by atoms with Gasteiger partial charge < -0.3 is 10.1 Å². The maximum Gasteiger partial charge on any atom is 0.141 e. The zero-order valence-electron chi connectivity index (χ0n) is 9.48. The molecule has 2 aliphatic rings. The van der Waals surface area contributed by atoms with Crippen LogP contribution < -0.4 is 5.32 Å². The van der Waals surface area contributed by atoms with Crippen molar-refractivity contribution in [3.63, 3.8) is 0 Å². The standard InChI is InChI=1S/C11H20FNO/c1-9(2)5-8(10(3,4)14-9)11(12)6-13-7-11/h8,13H,5-7H2,1-4H3. The highest BCUT2D eigenvalue weighted by Crippen LogP contribution is 2.49. The Morgan fingerprint density at radius 3 is 2.07 bits per heavy atom. The van der Waals surface area contributed by atoms with E-state index < -0.39 is 5.67 Å². The van der Waals surface area contributed by atoms with E-state index >= 15 is 0 Å². The van der Waals surface area contributed by atoms with Gasteiger partial charge in [0.15, 0.2) is 0 Å². The molecule has 1 unspecified atom stereocenters. The quantitative estimate of drug-likeness (QED) is 0.699. The van der Waals surface area contributed by atoms with Crippen LogP contribution in [0.1, 0.15) is 34.1 Å². The molecule has 0 aliphatic carbocycles. The van der Waals surface area contributed by atoms with Crippen molar-refractivity contribution in [2.45, 2.75) is 51.0 Å². The molecule has 0 radical (unpaired) electrons. The van der Waals surface area contributed by atoms with Crippen molar-refractivity contribution in [1.29, 1.82) is 0 Å². The van der Waals surface area contributed by atoms with Crippen LogP contribution in [0.25, 0.3) is 0 Å². The molecular weight excluding hydrogens is 181 g/mol. The summed E-state index contributed by atoms with van der Waals surface area (Å²) in [6.45, 7) is 9.08. The molecule has 0 aromatic rings. The summed E-state index contributed by atoms with van der Waals surface area (Å²) in [6.07, 6.45) is 0.818. The molecule has 82 valence electrons. The first-order valence-corrected chi connectivity index (χ1v) is 5.35. The number of rotatable bonds is 1. The van der Waals surface area contributed by atoms with Crippen molar-refractivity contribution < 1.29 is 9.13 Å². The minimum absolute atomic E-state index is 0.0197. The van der Waals surface area contributed by atoms with Gasteiger partial charge >= 0.3 is 0 Å². The molecule has 3 heteroatoms. The smallest absolute Gasteiger partial charge is 0.141 e. The zero-order chi connectivity index (χ0) is 10.6. The van der Waals surface area contributed by atoms with Gasteiger partial charge in [-0.25, -0.2) is 4.39 Å². The lowest BCUT2D eigenvalue weighted by atomic mass is 9.73. The van der Waals surface area contributed by atoms with Crippen LogP contribution in [-0.2, 0) is 4.74 Å². The second kappa shape index (κ2) is 2.70. The fourth-order valence-corrected chi connectivity index (χ4v) is 2.98. The second-order valence-corrected chi connectivity index (χ2v) is 5.86. The highest BCUT2D eigenvalue weighted by Gasteiger charge is 2.58. The second-order valence-electron chi connectivity index (χ2n) is 5.86. The first-order chi connectivity index (χ1) is 6.25. The van der Waals surface area contributed by atoms with Crippen LogP contribution >= 0.6 is 0 Å². The number of ether oxygens (including phenoxy) is 1. The first-order valence-electron chi connectivity index (χ1n) is 5.35. The van der Waals surface area contributed by atoms with Gasteiger partial charge in [0.25, 0.3) is 0 Å². The molecule has 0 spiro atoms. The van der Waals surface area contributed by atoms with Crippen LogP contribution in [0.2, 0.25) is 0 Å². The van der Waals surface area contributed by atoms with Gasteiger partial charge in [0, 0.05) is 19.0 Å². The molecule has 0 amide bonds. The third kappa shape index (κ3) is 1.47. The predicted octanol–water partition coefficient (Wildman–Crippen LogP) is 1.89. The van der Waals surface area contributed by atoms with Gasteiger partial charge in [0.05, 0.1) is 11.2 Å². The van der Waals surface area contributed by atoms with Crippen LogP contribution in [0.5, 0.6) is 0 Å². The van der Waals surface area contributed by atoms with E-state index in [1.54, 1.807) is 0 Å². The molecule has 2 rings (SSSR count). The van der Waals surface area contributed by atoms with E-state index in [0.717, 1.165) is 6.42 Å². The van der Waals surface area contributed by atoms with Gasteiger partial charge in [0.2, 0.25) is 0 Å². The van der Waals surface area contributed by atoms with Crippen LogP contribution in [0.4, 0.5) is 4.39 Å². The van der Waals surface area contributed by atoms with Gasteiger partial charge in [0.1, 0.15) is 5.67 Å². The highest BCUT2D eigenvalue weighted by molar-refractivity contribution is 5.09. The molecule has 2 aliphatic heterocycles. The molecule has 1 N–H and O–H groups in total. The molecular formula is C11H20FNO. The molecule has 14 heavy (non-hydrogen) atoms. The molecule has 0 aromatic carbocycles. The molecule has 0 saturated carbocycles. The van der Waals surface area contributed by atoms with Gasteiger partial charge in [-0.05, 0) is 34.1 Å². The maximum atomic E-state index is 14.3. The molecule has 2 saturated heterocycles. The van der Waals surface area contributed by atoms with Gasteiger partial charge in [-0.2, -0.15) is 0 Å². The lowest BCUT2D eigenvalue weighted by molar-refractivity contribution is -0.103. The Balaban J connectivity index is 2.19. The summed E-state index contributed by atoms with van der Waals surface area (Å²) >= 11 is 0. The van der Waals surface area contributed by atoms with E-state index in [0.29, 0.717) is 13.1 Å². The Hall–Kier alpha value is -0.150. The van der Waals surface area contributed by atoms with Crippen LogP contribution in [0.15, 0.2) is 0 Å². The average Bonchev–Trinajstić information content (AvgIpc) is 2.14. The lowest BCUT2D eigenvalue weighted by Gasteiger charge is -2.44. The Kier molecular flexibility index (Phi) is 2.00. The number of nitrogens with one attached hydrogen (secondary N) is 1. The minimum Gasteiger partial charge on any atom is -0.369 e. The third-order valence-electron chi connectivity index (χ3n) is 3.54. The largest absolute Gasteiger partial charge is 0.369 e. The maximum absolute atomic E-state index is 14.3. The lowest BCUT2D eigenvalue weighted by Crippen LogP contribution is -2.63. The van der Waals surface area contributed by atoms with E-state index in [1.807, 2.05) is 27.7 Å². The molecule has 0 aromatic heterocycles. The minimum atomic E-state index is -1.04. The van der Waals surface area contributed by atoms with Crippen molar-refractivity contribution in [3.05, 3.63) is 0 Å². The van der Waals surface area contributed by atoms with Crippen LogP contribution in [-0.4, -0.2) is 30.0 Å². The summed E-state index contributed by atoms with van der Waals surface area (Å²) in [5.74, 6) is 0.0197. The third-order valence-corrected chi connectivity index (χ3v) is 3.54. The highest BCUT2D eigenvalue weighted by atomic mass is 19.1. The summed E-state index contributed by atoms with van der Waals surface area (Å²) in [6, 6.07) is 0. The Bertz CT molecular complexity index is 246. The summed E-state index contributed by atoms with van der Waals surface area (Å²) in [5.41, 5.74) is -1.56. The zero-order valence-corrected chi connectivity index (χ0v) is 9.48. The van der Waals surface area contributed by atoms with Gasteiger partial charge in [-0.3, -0.25) is 0 Å². The van der Waals surface area contributed by atoms with E-state index in [2.05, 4.69) is 5.32 Å². The number of hydrogen-bond acceptors (Lipinski definition) is 2.